The number of anilines is 1. The van der Waals surface area contributed by atoms with E-state index in [1.165, 1.54) is 18.5 Å². The van der Waals surface area contributed by atoms with Crippen LogP contribution in [0.5, 0.6) is 0 Å². The third-order valence-corrected chi connectivity index (χ3v) is 6.21. The largest absolute Gasteiger partial charge is 0.368 e. The maximum absolute atomic E-state index is 12.5. The third kappa shape index (κ3) is 3.14. The minimum absolute atomic E-state index is 0.121. The van der Waals surface area contributed by atoms with Crippen LogP contribution in [0.25, 0.3) is 0 Å². The Morgan fingerprint density at radius 3 is 2.71 bits per heavy atom. The zero-order chi connectivity index (χ0) is 16.6. The quantitative estimate of drug-likeness (QED) is 0.851. The van der Waals surface area contributed by atoms with Gasteiger partial charge in [0.25, 0.3) is 0 Å². The molecular formula is C19H28N4O. The van der Waals surface area contributed by atoms with E-state index in [1.807, 2.05) is 12.4 Å². The maximum Gasteiger partial charge on any atom is 0.222 e. The number of rotatable bonds is 3. The van der Waals surface area contributed by atoms with Crippen molar-refractivity contribution in [1.82, 2.24) is 14.8 Å². The molecule has 3 fully saturated rings. The van der Waals surface area contributed by atoms with E-state index in [-0.39, 0.29) is 5.54 Å². The van der Waals surface area contributed by atoms with E-state index in [4.69, 9.17) is 0 Å². The summed E-state index contributed by atoms with van der Waals surface area (Å²) in [5.74, 6) is 1.15. The van der Waals surface area contributed by atoms with Crippen LogP contribution in [0.2, 0.25) is 0 Å². The van der Waals surface area contributed by atoms with Crippen LogP contribution >= 0.6 is 0 Å². The van der Waals surface area contributed by atoms with Crippen LogP contribution in [0.15, 0.2) is 24.5 Å². The molecule has 0 bridgehead atoms. The Bertz CT molecular complexity index is 588. The first-order chi connectivity index (χ1) is 11.7. The highest BCUT2D eigenvalue weighted by Gasteiger charge is 2.42. The van der Waals surface area contributed by atoms with Gasteiger partial charge in [0.2, 0.25) is 5.91 Å². The average Bonchev–Trinajstić information content (AvgIpc) is 3.44. The van der Waals surface area contributed by atoms with Crippen molar-refractivity contribution in [1.29, 1.82) is 0 Å². The Morgan fingerprint density at radius 2 is 1.96 bits per heavy atom. The lowest BCUT2D eigenvalue weighted by Crippen LogP contribution is -2.61. The molecule has 3 aliphatic rings. The van der Waals surface area contributed by atoms with Gasteiger partial charge in [0.15, 0.2) is 0 Å². The number of nitrogens with zero attached hydrogens (tertiary/aromatic N) is 4. The fourth-order valence-electron chi connectivity index (χ4n) is 4.27. The van der Waals surface area contributed by atoms with E-state index in [2.05, 4.69) is 38.9 Å². The highest BCUT2D eigenvalue weighted by molar-refractivity contribution is 5.76. The fraction of sp³-hybridized carbons (Fsp3) is 0.684. The van der Waals surface area contributed by atoms with Gasteiger partial charge in [-0.25, -0.2) is 0 Å². The number of carbonyl (C=O) groups excluding carboxylic acids is 1. The summed E-state index contributed by atoms with van der Waals surface area (Å²) < 4.78 is 0. The Balaban J connectivity index is 1.50. The van der Waals surface area contributed by atoms with Gasteiger partial charge < -0.3 is 9.80 Å². The number of likely N-dealkylation sites (tertiary alicyclic amines) is 1. The molecule has 0 unspecified atom stereocenters. The molecule has 2 saturated heterocycles. The van der Waals surface area contributed by atoms with E-state index in [1.54, 1.807) is 0 Å². The highest BCUT2D eigenvalue weighted by atomic mass is 16.2. The molecule has 0 radical (unpaired) electrons. The van der Waals surface area contributed by atoms with Gasteiger partial charge in [0.05, 0.1) is 0 Å². The number of aromatic nitrogens is 1. The molecule has 1 aromatic heterocycles. The first kappa shape index (κ1) is 15.9. The van der Waals surface area contributed by atoms with Crippen molar-refractivity contribution in [2.24, 2.45) is 5.92 Å². The van der Waals surface area contributed by atoms with Gasteiger partial charge in [0.1, 0.15) is 0 Å². The van der Waals surface area contributed by atoms with Crippen molar-refractivity contribution >= 4 is 11.6 Å². The first-order valence-electron chi connectivity index (χ1n) is 9.30. The summed E-state index contributed by atoms with van der Waals surface area (Å²) in [6.07, 6.45) is 9.12. The van der Waals surface area contributed by atoms with Gasteiger partial charge in [0, 0.05) is 62.8 Å². The van der Waals surface area contributed by atoms with E-state index in [0.717, 1.165) is 51.5 Å². The Morgan fingerprint density at radius 1 is 1.17 bits per heavy atom. The van der Waals surface area contributed by atoms with Crippen LogP contribution in [0.3, 0.4) is 0 Å². The molecule has 130 valence electrons. The summed E-state index contributed by atoms with van der Waals surface area (Å²) >= 11 is 0. The summed E-state index contributed by atoms with van der Waals surface area (Å²) in [4.78, 5) is 23.8. The van der Waals surface area contributed by atoms with Crippen LogP contribution in [0.1, 0.15) is 32.1 Å². The van der Waals surface area contributed by atoms with Gasteiger partial charge in [-0.3, -0.25) is 14.7 Å². The Kier molecular flexibility index (Phi) is 4.21. The van der Waals surface area contributed by atoms with Crippen LogP contribution in [-0.4, -0.2) is 66.0 Å². The van der Waals surface area contributed by atoms with Gasteiger partial charge >= 0.3 is 0 Å². The molecule has 4 rings (SSSR count). The third-order valence-electron chi connectivity index (χ3n) is 6.21. The van der Waals surface area contributed by atoms with Crippen molar-refractivity contribution in [2.75, 3.05) is 44.7 Å². The normalized spacial score (nSPS) is 29.1. The fourth-order valence-corrected chi connectivity index (χ4v) is 4.27. The second-order valence-electron chi connectivity index (χ2n) is 7.81. The standard InChI is InChI=1S/C19H28N4O/c1-21-12-13-23(17-5-9-20-10-6-17)15-19(21)7-4-18(24)22(11-8-19)14-16-2-3-16/h5-6,9-10,16H,2-4,7-8,11-15H2,1H3/t19-/m0/s1. The molecule has 5 heteroatoms. The maximum atomic E-state index is 12.5. The number of piperazine rings is 1. The predicted molar refractivity (Wildman–Crippen MR) is 95.0 cm³/mol. The van der Waals surface area contributed by atoms with Crippen molar-refractivity contribution in [3.05, 3.63) is 24.5 Å². The lowest BCUT2D eigenvalue weighted by Gasteiger charge is -2.50. The van der Waals surface area contributed by atoms with Crippen LogP contribution < -0.4 is 4.90 Å². The van der Waals surface area contributed by atoms with Gasteiger partial charge in [-0.2, -0.15) is 0 Å². The van der Waals surface area contributed by atoms with Crippen LogP contribution in [0, 0.1) is 5.92 Å². The van der Waals surface area contributed by atoms with Gasteiger partial charge in [-0.15, -0.1) is 0 Å². The molecule has 1 amide bonds. The Hall–Kier alpha value is -1.62. The number of amides is 1. The van der Waals surface area contributed by atoms with E-state index in [9.17, 15) is 4.79 Å². The summed E-state index contributed by atoms with van der Waals surface area (Å²) in [7, 11) is 2.24. The molecule has 1 aliphatic carbocycles. The highest BCUT2D eigenvalue weighted by Crippen LogP contribution is 2.36. The van der Waals surface area contributed by atoms with Gasteiger partial charge in [-0.05, 0) is 50.8 Å². The monoisotopic (exact) mass is 328 g/mol. The predicted octanol–water partition coefficient (Wildman–Crippen LogP) is 1.99. The molecule has 5 nitrogen and oxygen atoms in total. The molecule has 2 aliphatic heterocycles. The Labute approximate surface area is 144 Å². The summed E-state index contributed by atoms with van der Waals surface area (Å²) in [5, 5.41) is 0. The van der Waals surface area contributed by atoms with Gasteiger partial charge in [-0.1, -0.05) is 0 Å². The van der Waals surface area contributed by atoms with E-state index in [0.29, 0.717) is 12.3 Å². The number of likely N-dealkylation sites (N-methyl/N-ethyl adjacent to an activating group) is 1. The number of pyridine rings is 1. The second-order valence-corrected chi connectivity index (χ2v) is 7.81. The molecule has 1 saturated carbocycles. The van der Waals surface area contributed by atoms with Crippen LogP contribution in [0.4, 0.5) is 5.69 Å². The first-order valence-corrected chi connectivity index (χ1v) is 9.30. The topological polar surface area (TPSA) is 39.7 Å². The molecule has 1 atom stereocenters. The zero-order valence-corrected chi connectivity index (χ0v) is 14.7. The molecule has 0 N–H and O–H groups in total. The molecule has 1 aromatic rings. The zero-order valence-electron chi connectivity index (χ0n) is 14.7. The lowest BCUT2D eigenvalue weighted by molar-refractivity contribution is -0.130. The number of carbonyl (C=O) groups is 1. The molecule has 24 heavy (non-hydrogen) atoms. The molecule has 0 aromatic carbocycles. The van der Waals surface area contributed by atoms with Crippen molar-refractivity contribution in [2.45, 2.75) is 37.6 Å². The lowest BCUT2D eigenvalue weighted by atomic mass is 9.86. The molecule has 1 spiro atoms. The van der Waals surface area contributed by atoms with E-state index >= 15 is 0 Å². The average molecular weight is 328 g/mol. The summed E-state index contributed by atoms with van der Waals surface area (Å²) in [6.45, 7) is 5.02. The molecular weight excluding hydrogens is 300 g/mol. The SMILES string of the molecule is CN1CCN(c2ccncc2)C[C@@]12CCC(=O)N(CC1CC1)CC2. The number of hydrogen-bond acceptors (Lipinski definition) is 4. The minimum Gasteiger partial charge on any atom is -0.368 e. The molecule has 3 heterocycles. The van der Waals surface area contributed by atoms with Crippen molar-refractivity contribution in [3.8, 4) is 0 Å². The minimum atomic E-state index is 0.121. The summed E-state index contributed by atoms with van der Waals surface area (Å²) in [6, 6.07) is 4.19. The second kappa shape index (κ2) is 6.36. The number of hydrogen-bond donors (Lipinski definition) is 0. The summed E-state index contributed by atoms with van der Waals surface area (Å²) in [5.41, 5.74) is 1.37. The van der Waals surface area contributed by atoms with Crippen molar-refractivity contribution < 1.29 is 4.79 Å². The van der Waals surface area contributed by atoms with E-state index < -0.39 is 0 Å². The smallest absolute Gasteiger partial charge is 0.222 e. The van der Waals surface area contributed by atoms with Crippen LogP contribution in [-0.2, 0) is 4.79 Å². The van der Waals surface area contributed by atoms with Crippen molar-refractivity contribution in [3.63, 3.8) is 0 Å².